The highest BCUT2D eigenvalue weighted by Gasteiger charge is 2.25. The molecule has 0 bridgehead atoms. The zero-order valence-corrected chi connectivity index (χ0v) is 20.0. The van der Waals surface area contributed by atoms with Crippen molar-refractivity contribution >= 4 is 43.4 Å². The lowest BCUT2D eigenvalue weighted by atomic mass is 10.2. The predicted octanol–water partition coefficient (Wildman–Crippen LogP) is 4.57. The molecule has 3 heterocycles. The number of hydrogen-bond acceptors (Lipinski definition) is 7. The number of nitrogens with one attached hydrogen (secondary N) is 1. The van der Waals surface area contributed by atoms with E-state index in [9.17, 15) is 13.2 Å². The molecule has 5 rings (SSSR count). The highest BCUT2D eigenvalue weighted by Crippen LogP contribution is 2.27. The van der Waals surface area contributed by atoms with Crippen molar-refractivity contribution in [1.29, 1.82) is 0 Å². The minimum absolute atomic E-state index is 0.207. The Hall–Kier alpha value is -3.21. The topological polar surface area (TPSA) is 105 Å². The molecule has 1 aliphatic rings. The van der Waals surface area contributed by atoms with Crippen LogP contribution in [-0.2, 0) is 10.0 Å². The number of anilines is 1. The van der Waals surface area contributed by atoms with E-state index < -0.39 is 15.9 Å². The van der Waals surface area contributed by atoms with E-state index in [1.54, 1.807) is 34.6 Å². The Bertz CT molecular complexity index is 1430. The zero-order chi connectivity index (χ0) is 23.5. The fourth-order valence-electron chi connectivity index (χ4n) is 3.92. The van der Waals surface area contributed by atoms with Gasteiger partial charge in [0.2, 0.25) is 10.0 Å². The Labute approximate surface area is 201 Å². The summed E-state index contributed by atoms with van der Waals surface area (Å²) in [5.74, 6) is -0.391. The van der Waals surface area contributed by atoms with Crippen LogP contribution in [0.4, 0.5) is 5.13 Å². The van der Waals surface area contributed by atoms with Crippen molar-refractivity contribution in [3.05, 3.63) is 65.8 Å². The number of thiazole rings is 1. The molecule has 4 aromatic rings. The second kappa shape index (κ2) is 9.57. The van der Waals surface area contributed by atoms with Crippen molar-refractivity contribution in [1.82, 2.24) is 19.3 Å². The molecule has 2 aromatic heterocycles. The number of para-hydroxylation sites is 2. The van der Waals surface area contributed by atoms with E-state index in [1.807, 2.05) is 23.6 Å². The Morgan fingerprint density at radius 1 is 0.912 bits per heavy atom. The third kappa shape index (κ3) is 4.70. The number of fused-ring (bicyclic) bond motifs is 1. The van der Waals surface area contributed by atoms with Crippen molar-refractivity contribution in [2.45, 2.75) is 30.6 Å². The van der Waals surface area contributed by atoms with Crippen LogP contribution in [0.5, 0.6) is 0 Å². The van der Waals surface area contributed by atoms with E-state index in [0.717, 1.165) is 36.8 Å². The van der Waals surface area contributed by atoms with Crippen LogP contribution in [0.3, 0.4) is 0 Å². The van der Waals surface area contributed by atoms with Crippen molar-refractivity contribution in [3.8, 4) is 11.3 Å². The number of carbonyl (C=O) groups excluding carboxylic acids is 1. The lowest BCUT2D eigenvalue weighted by Gasteiger charge is -2.19. The quantitative estimate of drug-likeness (QED) is 0.437. The summed E-state index contributed by atoms with van der Waals surface area (Å²) in [6.45, 7) is 1.14. The molecule has 10 heteroatoms. The molecule has 1 amide bonds. The van der Waals surface area contributed by atoms with E-state index in [-0.39, 0.29) is 10.6 Å². The standard InChI is InChI=1S/C24H23N5O3S2/c30-23(21-15-25-19-7-3-4-8-20(19)26-21)28-24-27-22(16-33-24)17-9-11-18(12-10-17)34(31,32)29-13-5-1-2-6-14-29/h3-4,7-12,15-16H,1-2,5-6,13-14H2,(H,27,28,30). The average Bonchev–Trinajstić information content (AvgIpc) is 3.14. The third-order valence-electron chi connectivity index (χ3n) is 5.76. The molecule has 0 atom stereocenters. The second-order valence-electron chi connectivity index (χ2n) is 8.08. The summed E-state index contributed by atoms with van der Waals surface area (Å²) >= 11 is 1.29. The van der Waals surface area contributed by atoms with E-state index >= 15 is 0 Å². The van der Waals surface area contributed by atoms with Gasteiger partial charge in [-0.15, -0.1) is 11.3 Å². The van der Waals surface area contributed by atoms with E-state index in [4.69, 9.17) is 0 Å². The SMILES string of the molecule is O=C(Nc1nc(-c2ccc(S(=O)(=O)N3CCCCCC3)cc2)cs1)c1cnc2ccccc2n1. The molecule has 34 heavy (non-hydrogen) atoms. The summed E-state index contributed by atoms with van der Waals surface area (Å²) in [5.41, 5.74) is 3.00. The summed E-state index contributed by atoms with van der Waals surface area (Å²) in [6.07, 6.45) is 5.38. The summed E-state index contributed by atoms with van der Waals surface area (Å²) in [6, 6.07) is 14.1. The number of carbonyl (C=O) groups is 1. The van der Waals surface area contributed by atoms with Gasteiger partial charge in [0.15, 0.2) is 5.13 Å². The van der Waals surface area contributed by atoms with Crippen LogP contribution in [-0.4, -0.2) is 46.7 Å². The summed E-state index contributed by atoms with van der Waals surface area (Å²) < 4.78 is 27.6. The zero-order valence-electron chi connectivity index (χ0n) is 18.3. The van der Waals surface area contributed by atoms with Gasteiger partial charge in [0.05, 0.1) is 27.8 Å². The lowest BCUT2D eigenvalue weighted by molar-refractivity contribution is 0.102. The van der Waals surface area contributed by atoms with Gasteiger partial charge in [0, 0.05) is 24.0 Å². The second-order valence-corrected chi connectivity index (χ2v) is 10.9. The Balaban J connectivity index is 1.29. The molecule has 0 unspecified atom stereocenters. The summed E-state index contributed by atoms with van der Waals surface area (Å²) in [7, 11) is -3.50. The van der Waals surface area contributed by atoms with E-state index in [0.29, 0.717) is 29.4 Å². The number of nitrogens with zero attached hydrogens (tertiary/aromatic N) is 4. The number of sulfonamides is 1. The largest absolute Gasteiger partial charge is 0.296 e. The first kappa shape index (κ1) is 22.6. The highest BCUT2D eigenvalue weighted by atomic mass is 32.2. The van der Waals surface area contributed by atoms with Crippen LogP contribution in [0.15, 0.2) is 65.0 Å². The van der Waals surface area contributed by atoms with Crippen LogP contribution >= 0.6 is 11.3 Å². The molecule has 1 N–H and O–H groups in total. The van der Waals surface area contributed by atoms with E-state index in [2.05, 4.69) is 20.3 Å². The minimum atomic E-state index is -3.50. The molecule has 0 aliphatic carbocycles. The van der Waals surface area contributed by atoms with Crippen molar-refractivity contribution in [2.75, 3.05) is 18.4 Å². The maximum Gasteiger partial charge on any atom is 0.277 e. The maximum atomic E-state index is 13.0. The number of aromatic nitrogens is 3. The van der Waals surface area contributed by atoms with Crippen LogP contribution < -0.4 is 5.32 Å². The number of hydrogen-bond donors (Lipinski definition) is 1. The van der Waals surface area contributed by atoms with Gasteiger partial charge >= 0.3 is 0 Å². The smallest absolute Gasteiger partial charge is 0.277 e. The third-order valence-corrected chi connectivity index (χ3v) is 8.43. The molecular formula is C24H23N5O3S2. The fraction of sp³-hybridized carbons (Fsp3) is 0.250. The lowest BCUT2D eigenvalue weighted by Crippen LogP contribution is -2.31. The monoisotopic (exact) mass is 493 g/mol. The first-order chi connectivity index (χ1) is 16.5. The Morgan fingerprint density at radius 2 is 1.62 bits per heavy atom. The molecule has 0 radical (unpaired) electrons. The first-order valence-electron chi connectivity index (χ1n) is 11.1. The van der Waals surface area contributed by atoms with Gasteiger partial charge in [-0.1, -0.05) is 37.1 Å². The number of benzene rings is 2. The molecule has 1 saturated heterocycles. The van der Waals surface area contributed by atoms with Crippen molar-refractivity contribution in [3.63, 3.8) is 0 Å². The normalized spacial score (nSPS) is 15.2. The van der Waals surface area contributed by atoms with Crippen LogP contribution in [0, 0.1) is 0 Å². The van der Waals surface area contributed by atoms with Crippen molar-refractivity contribution < 1.29 is 13.2 Å². The fourth-order valence-corrected chi connectivity index (χ4v) is 6.15. The first-order valence-corrected chi connectivity index (χ1v) is 13.4. The van der Waals surface area contributed by atoms with Gasteiger partial charge in [-0.2, -0.15) is 4.31 Å². The molecule has 0 saturated carbocycles. The molecule has 174 valence electrons. The van der Waals surface area contributed by atoms with Crippen LogP contribution in [0.2, 0.25) is 0 Å². The van der Waals surface area contributed by atoms with Gasteiger partial charge in [0.1, 0.15) is 5.69 Å². The summed E-state index contributed by atoms with van der Waals surface area (Å²) in [5, 5.41) is 5.01. The Morgan fingerprint density at radius 3 is 2.35 bits per heavy atom. The predicted molar refractivity (Wildman–Crippen MR) is 132 cm³/mol. The van der Waals surface area contributed by atoms with Crippen LogP contribution in [0.1, 0.15) is 36.2 Å². The molecule has 2 aromatic carbocycles. The van der Waals surface area contributed by atoms with Gasteiger partial charge in [-0.3, -0.25) is 15.1 Å². The van der Waals surface area contributed by atoms with Crippen LogP contribution in [0.25, 0.3) is 22.3 Å². The van der Waals surface area contributed by atoms with E-state index in [1.165, 1.54) is 17.5 Å². The molecule has 8 nitrogen and oxygen atoms in total. The van der Waals surface area contributed by atoms with Gasteiger partial charge in [-0.25, -0.2) is 18.4 Å². The minimum Gasteiger partial charge on any atom is -0.296 e. The van der Waals surface area contributed by atoms with Gasteiger partial charge < -0.3 is 0 Å². The molecule has 0 spiro atoms. The number of amides is 1. The van der Waals surface area contributed by atoms with Crippen molar-refractivity contribution in [2.24, 2.45) is 0 Å². The highest BCUT2D eigenvalue weighted by molar-refractivity contribution is 7.89. The molecular weight excluding hydrogens is 470 g/mol. The average molecular weight is 494 g/mol. The van der Waals surface area contributed by atoms with Gasteiger partial charge in [0.25, 0.3) is 5.91 Å². The van der Waals surface area contributed by atoms with Gasteiger partial charge in [-0.05, 0) is 37.1 Å². The summed E-state index contributed by atoms with van der Waals surface area (Å²) in [4.78, 5) is 26.0. The molecule has 1 aliphatic heterocycles. The number of rotatable bonds is 5. The molecule has 1 fully saturated rings. The Kier molecular flexibility index (Phi) is 6.36. The maximum absolute atomic E-state index is 13.0.